The topological polar surface area (TPSA) is 170 Å². The number of carbonyl (C=O) groups excluding carboxylic acids is 4. The van der Waals surface area contributed by atoms with Gasteiger partial charge in [0.2, 0.25) is 11.6 Å². The van der Waals surface area contributed by atoms with Crippen LogP contribution in [0.2, 0.25) is 0 Å². The second-order valence-electron chi connectivity index (χ2n) is 11.6. The molecule has 0 rings (SSSR count). The van der Waals surface area contributed by atoms with Crippen LogP contribution in [-0.2, 0) is 73.8 Å². The fraction of sp³-hybridized carbons (Fsp3) is 0.889. The van der Waals surface area contributed by atoms with Crippen molar-refractivity contribution >= 4 is 23.5 Å². The fourth-order valence-corrected chi connectivity index (χ4v) is 4.17. The fourth-order valence-electron chi connectivity index (χ4n) is 4.17. The molecular formula is C36H66O12Zr. The smallest absolute Gasteiger partial charge is 0.544 e. The van der Waals surface area contributed by atoms with Crippen molar-refractivity contribution in [2.75, 3.05) is 39.6 Å². The van der Waals surface area contributed by atoms with Crippen molar-refractivity contribution < 1.29 is 84.0 Å². The molecule has 49 heavy (non-hydrogen) atoms. The number of ether oxygens (including phenoxy) is 6. The summed E-state index contributed by atoms with van der Waals surface area (Å²) >= 11 is 0. The Hall–Kier alpha value is -1.08. The van der Waals surface area contributed by atoms with Gasteiger partial charge in [0.1, 0.15) is 24.1 Å². The molecule has 0 heterocycles. The van der Waals surface area contributed by atoms with E-state index in [1.165, 1.54) is 0 Å². The van der Waals surface area contributed by atoms with Crippen LogP contribution < -0.4 is 10.2 Å². The average Bonchev–Trinajstić information content (AvgIpc) is 3.07. The Kier molecular flexibility index (Phi) is 35.0. The second kappa shape index (κ2) is 32.8. The molecule has 0 aromatic rings. The zero-order chi connectivity index (χ0) is 36.8. The van der Waals surface area contributed by atoms with Crippen molar-refractivity contribution in [3.05, 3.63) is 0 Å². The summed E-state index contributed by atoms with van der Waals surface area (Å²) in [6, 6.07) is 0. The second-order valence-corrected chi connectivity index (χ2v) is 11.6. The third-order valence-corrected chi connectivity index (χ3v) is 7.36. The van der Waals surface area contributed by atoms with Gasteiger partial charge >= 0.3 is 26.2 Å². The molecule has 0 aliphatic heterocycles. The first-order valence-electron chi connectivity index (χ1n) is 18.3. The van der Waals surface area contributed by atoms with Gasteiger partial charge in [-0.05, 0) is 51.4 Å². The molecule has 12 nitrogen and oxygen atoms in total. The first-order valence-corrected chi connectivity index (χ1v) is 18.3. The van der Waals surface area contributed by atoms with Gasteiger partial charge in [-0.3, -0.25) is 9.59 Å². The number of unbranched alkanes of at least 4 members (excludes halogenated alkanes) is 6. The molecular weight excluding hydrogens is 716 g/mol. The van der Waals surface area contributed by atoms with E-state index in [4.69, 9.17) is 28.4 Å². The number of carboxylic acids is 2. The van der Waals surface area contributed by atoms with E-state index in [-0.39, 0.29) is 52.6 Å². The first kappa shape index (κ1) is 52.3. The number of hydrogen-bond acceptors (Lipinski definition) is 12. The SMILES string of the molecule is CCCCOC(CC)C(=O)C(OCCCC)(OCCCC)C(=O)[O-].CCCCOC(CC)C(=O)C(OCCCC)(OCCCC)C(=O)[O-].[Zr+2]. The van der Waals surface area contributed by atoms with E-state index < -0.39 is 47.3 Å². The first-order chi connectivity index (χ1) is 23.0. The maximum Gasteiger partial charge on any atom is 2.00 e. The number of carboxylic acid groups (broad SMARTS) is 2. The monoisotopic (exact) mass is 780 g/mol. The molecule has 0 bridgehead atoms. The summed E-state index contributed by atoms with van der Waals surface area (Å²) in [4.78, 5) is 49.2. The van der Waals surface area contributed by atoms with Crippen LogP contribution in [0.15, 0.2) is 0 Å². The summed E-state index contributed by atoms with van der Waals surface area (Å²) in [5, 5.41) is 23.5. The van der Waals surface area contributed by atoms with Gasteiger partial charge in [0, 0.05) is 13.2 Å². The van der Waals surface area contributed by atoms with Gasteiger partial charge in [0.25, 0.3) is 11.6 Å². The minimum absolute atomic E-state index is 0. The molecule has 2 atom stereocenters. The largest absolute Gasteiger partial charge is 2.00 e. The van der Waals surface area contributed by atoms with Crippen LogP contribution in [0, 0.1) is 0 Å². The summed E-state index contributed by atoms with van der Waals surface area (Å²) in [5.74, 6) is -9.50. The van der Waals surface area contributed by atoms with Crippen molar-refractivity contribution in [3.8, 4) is 0 Å². The number of ketones is 2. The standard InChI is InChI=1S/2C18H34O6.Zr/c2*1-5-9-12-22-15(8-4)16(19)18(17(20)21,23-13-10-6-2)24-14-11-7-3;/h2*15H,5-14H2,1-4H3,(H,20,21);/q;;+2/p-2. The molecule has 0 saturated heterocycles. The van der Waals surface area contributed by atoms with Crippen LogP contribution >= 0.6 is 0 Å². The van der Waals surface area contributed by atoms with Crippen molar-refractivity contribution in [1.29, 1.82) is 0 Å². The van der Waals surface area contributed by atoms with Gasteiger partial charge in [-0.25, -0.2) is 0 Å². The van der Waals surface area contributed by atoms with Crippen LogP contribution in [-0.4, -0.2) is 86.9 Å². The molecule has 0 aliphatic carbocycles. The van der Waals surface area contributed by atoms with Gasteiger partial charge in [-0.2, -0.15) is 0 Å². The van der Waals surface area contributed by atoms with Crippen molar-refractivity contribution in [2.24, 2.45) is 0 Å². The minimum Gasteiger partial charge on any atom is -0.544 e. The summed E-state index contributed by atoms with van der Waals surface area (Å²) < 4.78 is 32.8. The Bertz CT molecular complexity index is 766. The summed E-state index contributed by atoms with van der Waals surface area (Å²) in [6.45, 7) is 16.6. The van der Waals surface area contributed by atoms with E-state index in [1.807, 2.05) is 41.5 Å². The van der Waals surface area contributed by atoms with Crippen LogP contribution in [0.25, 0.3) is 0 Å². The number of Topliss-reactive ketones (excluding diaryl/α,β-unsaturated/α-hetero) is 2. The molecule has 0 aromatic carbocycles. The molecule has 0 saturated carbocycles. The van der Waals surface area contributed by atoms with Crippen molar-refractivity contribution in [2.45, 2.75) is 169 Å². The van der Waals surface area contributed by atoms with Crippen LogP contribution in [0.3, 0.4) is 0 Å². The summed E-state index contributed by atoms with van der Waals surface area (Å²) in [5.41, 5.74) is 0. The van der Waals surface area contributed by atoms with Crippen molar-refractivity contribution in [3.63, 3.8) is 0 Å². The van der Waals surface area contributed by atoms with Crippen molar-refractivity contribution in [1.82, 2.24) is 0 Å². The molecule has 0 fully saturated rings. The molecule has 0 aliphatic rings. The van der Waals surface area contributed by atoms with Gasteiger partial charge in [-0.15, -0.1) is 0 Å². The molecule has 0 aromatic heterocycles. The Morgan fingerprint density at radius 3 is 0.857 bits per heavy atom. The Balaban J connectivity index is -0.000000846. The minimum atomic E-state index is -2.38. The van der Waals surface area contributed by atoms with Gasteiger partial charge in [0.15, 0.2) is 0 Å². The predicted octanol–water partition coefficient (Wildman–Crippen LogP) is 4.46. The number of carbonyl (C=O) groups is 4. The van der Waals surface area contributed by atoms with Gasteiger partial charge < -0.3 is 48.2 Å². The molecule has 0 radical (unpaired) electrons. The average molecular weight is 782 g/mol. The maximum atomic E-state index is 12.8. The Morgan fingerprint density at radius 1 is 0.449 bits per heavy atom. The Labute approximate surface area is 315 Å². The molecule has 0 spiro atoms. The summed E-state index contributed by atoms with van der Waals surface area (Å²) in [7, 11) is 0. The molecule has 13 heteroatoms. The quantitative estimate of drug-likeness (QED) is 0.0535. The zero-order valence-electron chi connectivity index (χ0n) is 31.7. The molecule has 0 N–H and O–H groups in total. The maximum absolute atomic E-state index is 12.8. The third-order valence-electron chi connectivity index (χ3n) is 7.36. The van der Waals surface area contributed by atoms with Gasteiger partial charge in [0.05, 0.1) is 26.4 Å². The van der Waals surface area contributed by atoms with Crippen LogP contribution in [0.5, 0.6) is 0 Å². The van der Waals surface area contributed by atoms with E-state index in [0.717, 1.165) is 51.4 Å². The third kappa shape index (κ3) is 19.9. The molecule has 2 unspecified atom stereocenters. The Morgan fingerprint density at radius 2 is 0.673 bits per heavy atom. The number of hydrogen-bond donors (Lipinski definition) is 0. The van der Waals surface area contributed by atoms with Crippen LogP contribution in [0.4, 0.5) is 0 Å². The van der Waals surface area contributed by atoms with E-state index >= 15 is 0 Å². The van der Waals surface area contributed by atoms with Gasteiger partial charge in [-0.1, -0.05) is 93.9 Å². The van der Waals surface area contributed by atoms with Crippen LogP contribution in [0.1, 0.15) is 145 Å². The van der Waals surface area contributed by atoms with E-state index in [1.54, 1.807) is 13.8 Å². The normalized spacial score (nSPS) is 12.7. The number of aliphatic carboxylic acids is 2. The van der Waals surface area contributed by atoms with E-state index in [9.17, 15) is 29.4 Å². The van der Waals surface area contributed by atoms with E-state index in [0.29, 0.717) is 51.7 Å². The molecule has 286 valence electrons. The molecule has 0 amide bonds. The van der Waals surface area contributed by atoms with E-state index in [2.05, 4.69) is 0 Å². The summed E-state index contributed by atoms with van der Waals surface area (Å²) in [6.07, 6.45) is 8.20. The zero-order valence-corrected chi connectivity index (χ0v) is 34.2. The predicted molar refractivity (Wildman–Crippen MR) is 179 cm³/mol. The number of rotatable bonds is 32.